The molecule has 0 aliphatic carbocycles. The van der Waals surface area contributed by atoms with Crippen LogP contribution in [0.2, 0.25) is 0 Å². The van der Waals surface area contributed by atoms with Crippen molar-refractivity contribution >= 4 is 27.3 Å². The number of carbonyl (C=O) groups excluding carboxylic acids is 1. The van der Waals surface area contributed by atoms with Crippen LogP contribution in [0, 0.1) is 0 Å². The predicted octanol–water partition coefficient (Wildman–Crippen LogP) is 2.90. The number of ether oxygens (including phenoxy) is 3. The number of benzene rings is 2. The summed E-state index contributed by atoms with van der Waals surface area (Å²) in [5.74, 6) is 0.932. The number of nitrogens with zero attached hydrogens (tertiary/aromatic N) is 1. The summed E-state index contributed by atoms with van der Waals surface area (Å²) in [6.45, 7) is 3.87. The SMILES string of the molecule is CCOc1cccc(NC(=O)[C@@H](C)N(c2ccc(OC)c(OC)c2)S(C)(=O)=O)c1. The lowest BCUT2D eigenvalue weighted by Gasteiger charge is -2.28. The Bertz CT molecular complexity index is 961. The van der Waals surface area contributed by atoms with Gasteiger partial charge in [0, 0.05) is 17.8 Å². The van der Waals surface area contributed by atoms with E-state index in [1.165, 1.54) is 27.2 Å². The zero-order chi connectivity index (χ0) is 21.6. The summed E-state index contributed by atoms with van der Waals surface area (Å²) >= 11 is 0. The third-order valence-electron chi connectivity index (χ3n) is 4.12. The van der Waals surface area contributed by atoms with E-state index in [2.05, 4.69) is 5.32 Å². The first-order chi connectivity index (χ1) is 13.7. The highest BCUT2D eigenvalue weighted by Gasteiger charge is 2.30. The Morgan fingerprint density at radius 3 is 2.38 bits per heavy atom. The van der Waals surface area contributed by atoms with Crippen LogP contribution in [0.1, 0.15) is 13.8 Å². The van der Waals surface area contributed by atoms with E-state index in [9.17, 15) is 13.2 Å². The summed E-state index contributed by atoms with van der Waals surface area (Å²) in [5, 5.41) is 2.73. The molecule has 2 aromatic rings. The number of hydrogen-bond acceptors (Lipinski definition) is 6. The van der Waals surface area contributed by atoms with Gasteiger partial charge in [-0.15, -0.1) is 0 Å². The fourth-order valence-corrected chi connectivity index (χ4v) is 4.01. The van der Waals surface area contributed by atoms with Gasteiger partial charge in [-0.2, -0.15) is 0 Å². The predicted molar refractivity (Wildman–Crippen MR) is 113 cm³/mol. The molecular weight excluding hydrogens is 396 g/mol. The van der Waals surface area contributed by atoms with Crippen LogP contribution in [0.4, 0.5) is 11.4 Å². The normalized spacial score (nSPS) is 12.0. The van der Waals surface area contributed by atoms with E-state index >= 15 is 0 Å². The zero-order valence-corrected chi connectivity index (χ0v) is 17.9. The van der Waals surface area contributed by atoms with Gasteiger partial charge in [-0.05, 0) is 38.1 Å². The van der Waals surface area contributed by atoms with Gasteiger partial charge < -0.3 is 19.5 Å². The highest BCUT2D eigenvalue weighted by atomic mass is 32.2. The van der Waals surface area contributed by atoms with E-state index in [0.29, 0.717) is 29.5 Å². The molecule has 0 bridgehead atoms. The van der Waals surface area contributed by atoms with Gasteiger partial charge in [0.25, 0.3) is 0 Å². The number of anilines is 2. The second kappa shape index (κ2) is 9.51. The molecular formula is C20H26N2O6S. The molecule has 0 aliphatic rings. The monoisotopic (exact) mass is 422 g/mol. The average molecular weight is 423 g/mol. The Hall–Kier alpha value is -2.94. The number of rotatable bonds is 9. The lowest BCUT2D eigenvalue weighted by molar-refractivity contribution is -0.116. The van der Waals surface area contributed by atoms with Gasteiger partial charge in [-0.3, -0.25) is 9.10 Å². The van der Waals surface area contributed by atoms with Crippen LogP contribution in [-0.4, -0.2) is 47.4 Å². The maximum absolute atomic E-state index is 12.8. The second-order valence-electron chi connectivity index (χ2n) is 6.22. The third-order valence-corrected chi connectivity index (χ3v) is 5.36. The average Bonchev–Trinajstić information content (AvgIpc) is 2.67. The molecule has 1 N–H and O–H groups in total. The molecule has 1 atom stereocenters. The van der Waals surface area contributed by atoms with Crippen LogP contribution in [0.5, 0.6) is 17.2 Å². The number of hydrogen-bond donors (Lipinski definition) is 1. The Balaban J connectivity index is 2.33. The number of nitrogens with one attached hydrogen (secondary N) is 1. The number of carbonyl (C=O) groups is 1. The summed E-state index contributed by atoms with van der Waals surface area (Å²) in [7, 11) is -0.828. The summed E-state index contributed by atoms with van der Waals surface area (Å²) in [5.41, 5.74) is 0.796. The van der Waals surface area contributed by atoms with Crippen molar-refractivity contribution in [3.05, 3.63) is 42.5 Å². The maximum Gasteiger partial charge on any atom is 0.247 e. The maximum atomic E-state index is 12.8. The van der Waals surface area contributed by atoms with Crippen molar-refractivity contribution in [1.29, 1.82) is 0 Å². The summed E-state index contributed by atoms with van der Waals surface area (Å²) in [6, 6.07) is 10.5. The molecule has 0 unspecified atom stereocenters. The van der Waals surface area contributed by atoms with E-state index in [1.807, 2.05) is 6.92 Å². The van der Waals surface area contributed by atoms with Gasteiger partial charge in [0.2, 0.25) is 15.9 Å². The minimum atomic E-state index is -3.76. The van der Waals surface area contributed by atoms with E-state index in [4.69, 9.17) is 14.2 Å². The lowest BCUT2D eigenvalue weighted by atomic mass is 10.2. The molecule has 0 fully saturated rings. The van der Waals surface area contributed by atoms with E-state index in [-0.39, 0.29) is 5.69 Å². The van der Waals surface area contributed by atoms with E-state index < -0.39 is 22.0 Å². The number of amides is 1. The number of methoxy groups -OCH3 is 2. The van der Waals surface area contributed by atoms with Crippen molar-refractivity contribution < 1.29 is 27.4 Å². The quantitative estimate of drug-likeness (QED) is 0.668. The minimum absolute atomic E-state index is 0.288. The summed E-state index contributed by atoms with van der Waals surface area (Å²) < 4.78 is 41.9. The molecule has 2 aromatic carbocycles. The van der Waals surface area contributed by atoms with Crippen LogP contribution >= 0.6 is 0 Å². The first kappa shape index (κ1) is 22.4. The standard InChI is InChI=1S/C20H26N2O6S/c1-6-28-17-9-7-8-15(12-17)21-20(23)14(2)22(29(5,24)25)16-10-11-18(26-3)19(13-16)27-4/h7-14H,6H2,1-5H3,(H,21,23)/t14-/m1/s1. The molecule has 0 radical (unpaired) electrons. The molecule has 2 rings (SSSR count). The van der Waals surface area contributed by atoms with Crippen LogP contribution in [0.3, 0.4) is 0 Å². The fourth-order valence-electron chi connectivity index (χ4n) is 2.85. The smallest absolute Gasteiger partial charge is 0.247 e. The van der Waals surface area contributed by atoms with Crippen molar-refractivity contribution in [2.45, 2.75) is 19.9 Å². The van der Waals surface area contributed by atoms with E-state index in [1.54, 1.807) is 36.4 Å². The molecule has 0 heterocycles. The highest BCUT2D eigenvalue weighted by molar-refractivity contribution is 7.92. The fraction of sp³-hybridized carbons (Fsp3) is 0.350. The Morgan fingerprint density at radius 2 is 1.79 bits per heavy atom. The van der Waals surface area contributed by atoms with Crippen LogP contribution in [0.25, 0.3) is 0 Å². The third kappa shape index (κ3) is 5.54. The Labute approximate surface area is 171 Å². The first-order valence-corrected chi connectivity index (χ1v) is 10.8. The number of sulfonamides is 1. The molecule has 0 aliphatic heterocycles. The largest absolute Gasteiger partial charge is 0.494 e. The minimum Gasteiger partial charge on any atom is -0.494 e. The second-order valence-corrected chi connectivity index (χ2v) is 8.08. The molecule has 29 heavy (non-hydrogen) atoms. The zero-order valence-electron chi connectivity index (χ0n) is 17.1. The van der Waals surface area contributed by atoms with Crippen molar-refractivity contribution in [1.82, 2.24) is 0 Å². The van der Waals surface area contributed by atoms with Crippen molar-refractivity contribution in [3.63, 3.8) is 0 Å². The van der Waals surface area contributed by atoms with Gasteiger partial charge >= 0.3 is 0 Å². The highest BCUT2D eigenvalue weighted by Crippen LogP contribution is 2.33. The van der Waals surface area contributed by atoms with Gasteiger partial charge in [-0.1, -0.05) is 6.07 Å². The Kier molecular flexibility index (Phi) is 7.33. The van der Waals surface area contributed by atoms with Gasteiger partial charge in [0.05, 0.1) is 32.8 Å². The van der Waals surface area contributed by atoms with Crippen molar-refractivity contribution in [3.8, 4) is 17.2 Å². The van der Waals surface area contributed by atoms with Crippen molar-refractivity contribution in [2.75, 3.05) is 36.7 Å². The molecule has 1 amide bonds. The first-order valence-electron chi connectivity index (χ1n) is 8.96. The molecule has 158 valence electrons. The molecule has 0 saturated heterocycles. The van der Waals surface area contributed by atoms with Crippen LogP contribution in [-0.2, 0) is 14.8 Å². The lowest BCUT2D eigenvalue weighted by Crippen LogP contribution is -2.45. The molecule has 0 aromatic heterocycles. The Morgan fingerprint density at radius 1 is 1.10 bits per heavy atom. The summed E-state index contributed by atoms with van der Waals surface area (Å²) in [4.78, 5) is 12.8. The summed E-state index contributed by atoms with van der Waals surface area (Å²) in [6.07, 6.45) is 1.04. The molecule has 9 heteroatoms. The van der Waals surface area contributed by atoms with Gasteiger partial charge in [0.1, 0.15) is 11.8 Å². The van der Waals surface area contributed by atoms with Crippen LogP contribution in [0.15, 0.2) is 42.5 Å². The molecule has 8 nitrogen and oxygen atoms in total. The molecule has 0 saturated carbocycles. The van der Waals surface area contributed by atoms with Crippen molar-refractivity contribution in [2.24, 2.45) is 0 Å². The topological polar surface area (TPSA) is 94.2 Å². The van der Waals surface area contributed by atoms with Crippen LogP contribution < -0.4 is 23.8 Å². The molecule has 0 spiro atoms. The van der Waals surface area contributed by atoms with Gasteiger partial charge in [0.15, 0.2) is 11.5 Å². The van der Waals surface area contributed by atoms with Gasteiger partial charge in [-0.25, -0.2) is 8.42 Å². The van der Waals surface area contributed by atoms with E-state index in [0.717, 1.165) is 10.6 Å².